The molecule has 1 fully saturated rings. The van der Waals surface area contributed by atoms with Crippen molar-refractivity contribution in [1.29, 1.82) is 0 Å². The van der Waals surface area contributed by atoms with Gasteiger partial charge in [0.25, 0.3) is 0 Å². The summed E-state index contributed by atoms with van der Waals surface area (Å²) in [4.78, 5) is 0. The molecule has 0 aromatic heterocycles. The summed E-state index contributed by atoms with van der Waals surface area (Å²) in [5.74, 6) is 6.46. The van der Waals surface area contributed by atoms with Crippen LogP contribution in [0.4, 0.5) is 0 Å². The third-order valence-corrected chi connectivity index (χ3v) is 4.42. The predicted molar refractivity (Wildman–Crippen MR) is 75.8 cm³/mol. The molecule has 0 amide bonds. The molecule has 1 atom stereocenters. The molecule has 2 nitrogen and oxygen atoms in total. The molecule has 4 heteroatoms. The first-order chi connectivity index (χ1) is 8.20. The molecule has 1 saturated carbocycles. The normalized spacial score (nSPS) is 18.5. The molecule has 1 unspecified atom stereocenters. The van der Waals surface area contributed by atoms with Gasteiger partial charge in [-0.05, 0) is 36.1 Å². The van der Waals surface area contributed by atoms with Gasteiger partial charge in [0.15, 0.2) is 0 Å². The van der Waals surface area contributed by atoms with Gasteiger partial charge in [-0.2, -0.15) is 0 Å². The molecule has 0 bridgehead atoms. The molecule has 1 aromatic carbocycles. The molecule has 0 heterocycles. The van der Waals surface area contributed by atoms with Gasteiger partial charge in [-0.3, -0.25) is 11.3 Å². The van der Waals surface area contributed by atoms with E-state index in [9.17, 15) is 0 Å². The van der Waals surface area contributed by atoms with Crippen LogP contribution < -0.4 is 11.3 Å². The molecule has 94 valence electrons. The Morgan fingerprint density at radius 3 is 2.76 bits per heavy atom. The van der Waals surface area contributed by atoms with Crippen molar-refractivity contribution in [3.8, 4) is 0 Å². The highest BCUT2D eigenvalue weighted by atomic mass is 79.9. The number of nitrogens with two attached hydrogens (primary N) is 1. The SMILES string of the molecule is NNC(CC1CCCC1)c1cc(Br)ccc1Cl. The van der Waals surface area contributed by atoms with Crippen molar-refractivity contribution >= 4 is 27.5 Å². The van der Waals surface area contributed by atoms with E-state index in [2.05, 4.69) is 27.4 Å². The lowest BCUT2D eigenvalue weighted by Gasteiger charge is -2.21. The van der Waals surface area contributed by atoms with Gasteiger partial charge in [-0.1, -0.05) is 53.2 Å². The maximum absolute atomic E-state index is 6.24. The summed E-state index contributed by atoms with van der Waals surface area (Å²) in [6.07, 6.45) is 6.43. The van der Waals surface area contributed by atoms with Crippen LogP contribution >= 0.6 is 27.5 Å². The Kier molecular flexibility index (Phi) is 4.86. The summed E-state index contributed by atoms with van der Waals surface area (Å²) < 4.78 is 1.04. The van der Waals surface area contributed by atoms with Gasteiger partial charge in [0.05, 0.1) is 0 Å². The third-order valence-electron chi connectivity index (χ3n) is 3.58. The van der Waals surface area contributed by atoms with Crippen molar-refractivity contribution in [3.63, 3.8) is 0 Å². The van der Waals surface area contributed by atoms with Crippen LogP contribution in [0.15, 0.2) is 22.7 Å². The average molecular weight is 318 g/mol. The standard InChI is InChI=1S/C13H18BrClN2/c14-10-5-6-12(15)11(8-10)13(17-16)7-9-3-1-2-4-9/h5-6,8-9,13,17H,1-4,7,16H2. The Balaban J connectivity index is 2.13. The van der Waals surface area contributed by atoms with Crippen molar-refractivity contribution in [2.24, 2.45) is 11.8 Å². The van der Waals surface area contributed by atoms with E-state index in [1.807, 2.05) is 12.1 Å². The lowest BCUT2D eigenvalue weighted by Crippen LogP contribution is -2.29. The van der Waals surface area contributed by atoms with E-state index >= 15 is 0 Å². The molecule has 0 spiro atoms. The highest BCUT2D eigenvalue weighted by Gasteiger charge is 2.22. The summed E-state index contributed by atoms with van der Waals surface area (Å²) in [7, 11) is 0. The van der Waals surface area contributed by atoms with Crippen LogP contribution in [0.3, 0.4) is 0 Å². The van der Waals surface area contributed by atoms with E-state index in [1.54, 1.807) is 0 Å². The van der Waals surface area contributed by atoms with Gasteiger partial charge < -0.3 is 0 Å². The van der Waals surface area contributed by atoms with E-state index in [0.29, 0.717) is 0 Å². The molecule has 3 N–H and O–H groups in total. The zero-order chi connectivity index (χ0) is 12.3. The number of rotatable bonds is 4. The molecule has 2 rings (SSSR count). The first-order valence-corrected chi connectivity index (χ1v) is 7.29. The second-order valence-corrected chi connectivity index (χ2v) is 6.09. The fourth-order valence-corrected chi connectivity index (χ4v) is 3.27. The Morgan fingerprint density at radius 1 is 1.41 bits per heavy atom. The Bertz CT molecular complexity index is 378. The van der Waals surface area contributed by atoms with E-state index in [-0.39, 0.29) is 6.04 Å². The van der Waals surface area contributed by atoms with Gasteiger partial charge in [0.1, 0.15) is 0 Å². The summed E-state index contributed by atoms with van der Waals surface area (Å²) in [5.41, 5.74) is 4.00. The fourth-order valence-electron chi connectivity index (χ4n) is 2.65. The first kappa shape index (κ1) is 13.3. The Hall–Kier alpha value is -0.0900. The molecule has 1 aliphatic carbocycles. The van der Waals surface area contributed by atoms with E-state index in [1.165, 1.54) is 25.7 Å². The van der Waals surface area contributed by atoms with Crippen LogP contribution in [0, 0.1) is 5.92 Å². The number of nitrogens with one attached hydrogen (secondary N) is 1. The molecule has 0 saturated heterocycles. The number of halogens is 2. The minimum Gasteiger partial charge on any atom is -0.271 e. The molecule has 1 aromatic rings. The van der Waals surface area contributed by atoms with Gasteiger partial charge in [0, 0.05) is 15.5 Å². The number of hydrogen-bond donors (Lipinski definition) is 2. The second kappa shape index (κ2) is 6.19. The van der Waals surface area contributed by atoms with Crippen LogP contribution in [0.2, 0.25) is 5.02 Å². The summed E-state index contributed by atoms with van der Waals surface area (Å²) >= 11 is 9.72. The number of hydrogen-bond acceptors (Lipinski definition) is 2. The lowest BCUT2D eigenvalue weighted by molar-refractivity contribution is 0.400. The predicted octanol–water partition coefficient (Wildman–Crippen LogP) is 4.19. The summed E-state index contributed by atoms with van der Waals surface area (Å²) in [5, 5.41) is 0.786. The largest absolute Gasteiger partial charge is 0.271 e. The maximum atomic E-state index is 6.24. The van der Waals surface area contributed by atoms with E-state index in [0.717, 1.165) is 27.4 Å². The minimum atomic E-state index is 0.156. The minimum absolute atomic E-state index is 0.156. The van der Waals surface area contributed by atoms with Crippen LogP contribution in [-0.4, -0.2) is 0 Å². The van der Waals surface area contributed by atoms with Gasteiger partial charge >= 0.3 is 0 Å². The second-order valence-electron chi connectivity index (χ2n) is 4.77. The average Bonchev–Trinajstić information content (AvgIpc) is 2.82. The third kappa shape index (κ3) is 3.44. The smallest absolute Gasteiger partial charge is 0.0477 e. The first-order valence-electron chi connectivity index (χ1n) is 6.12. The quantitative estimate of drug-likeness (QED) is 0.645. The van der Waals surface area contributed by atoms with Crippen molar-refractivity contribution < 1.29 is 0 Å². The van der Waals surface area contributed by atoms with Crippen LogP contribution in [0.5, 0.6) is 0 Å². The summed E-state index contributed by atoms with van der Waals surface area (Å²) in [6.45, 7) is 0. The molecule has 1 aliphatic rings. The molecule has 17 heavy (non-hydrogen) atoms. The number of benzene rings is 1. The molecular formula is C13H18BrClN2. The molecule has 0 aliphatic heterocycles. The number of hydrazine groups is 1. The van der Waals surface area contributed by atoms with Crippen LogP contribution in [0.25, 0.3) is 0 Å². The van der Waals surface area contributed by atoms with Crippen LogP contribution in [0.1, 0.15) is 43.7 Å². The maximum Gasteiger partial charge on any atom is 0.0477 e. The highest BCUT2D eigenvalue weighted by molar-refractivity contribution is 9.10. The topological polar surface area (TPSA) is 38.0 Å². The van der Waals surface area contributed by atoms with Gasteiger partial charge in [0.2, 0.25) is 0 Å². The zero-order valence-electron chi connectivity index (χ0n) is 9.76. The molecule has 0 radical (unpaired) electrons. The highest BCUT2D eigenvalue weighted by Crippen LogP contribution is 2.35. The van der Waals surface area contributed by atoms with Crippen LogP contribution in [-0.2, 0) is 0 Å². The van der Waals surface area contributed by atoms with Gasteiger partial charge in [-0.15, -0.1) is 0 Å². The van der Waals surface area contributed by atoms with Gasteiger partial charge in [-0.25, -0.2) is 0 Å². The van der Waals surface area contributed by atoms with Crippen molar-refractivity contribution in [2.75, 3.05) is 0 Å². The fraction of sp³-hybridized carbons (Fsp3) is 0.538. The summed E-state index contributed by atoms with van der Waals surface area (Å²) in [6, 6.07) is 6.08. The lowest BCUT2D eigenvalue weighted by atomic mass is 9.94. The molecular weight excluding hydrogens is 300 g/mol. The van der Waals surface area contributed by atoms with Crippen molar-refractivity contribution in [3.05, 3.63) is 33.3 Å². The Morgan fingerprint density at radius 2 is 2.12 bits per heavy atom. The van der Waals surface area contributed by atoms with Crippen molar-refractivity contribution in [1.82, 2.24) is 5.43 Å². The van der Waals surface area contributed by atoms with E-state index < -0.39 is 0 Å². The monoisotopic (exact) mass is 316 g/mol. The Labute approximate surface area is 116 Å². The zero-order valence-corrected chi connectivity index (χ0v) is 12.1. The van der Waals surface area contributed by atoms with E-state index in [4.69, 9.17) is 17.4 Å². The van der Waals surface area contributed by atoms with Crippen molar-refractivity contribution in [2.45, 2.75) is 38.1 Å².